The molecule has 1 aliphatic rings. The number of aromatic nitrogens is 2. The third kappa shape index (κ3) is 10.2. The third-order valence-corrected chi connectivity index (χ3v) is 6.19. The first-order valence-corrected chi connectivity index (χ1v) is 12.3. The molecule has 3 rings (SSSR count). The molecule has 0 saturated carbocycles. The van der Waals surface area contributed by atoms with E-state index in [0.717, 1.165) is 25.9 Å². The number of nitrogens with zero attached hydrogens (tertiary/aromatic N) is 3. The highest BCUT2D eigenvalue weighted by Gasteiger charge is 2.41. The predicted octanol–water partition coefficient (Wildman–Crippen LogP) is 2.54. The molecule has 2 aromatic heterocycles. The van der Waals surface area contributed by atoms with Gasteiger partial charge < -0.3 is 25.7 Å². The zero-order valence-electron chi connectivity index (χ0n) is 22.3. The second kappa shape index (κ2) is 12.9. The van der Waals surface area contributed by atoms with Gasteiger partial charge in [0.1, 0.15) is 0 Å². The molecule has 208 valence electrons. The summed E-state index contributed by atoms with van der Waals surface area (Å²) in [6, 6.07) is 8.90. The quantitative estimate of drug-likeness (QED) is 0.305. The second-order valence-electron chi connectivity index (χ2n) is 11.1. The fourth-order valence-electron chi connectivity index (χ4n) is 5.01. The summed E-state index contributed by atoms with van der Waals surface area (Å²) in [5.41, 5.74) is 0.0573. The Hall–Kier alpha value is -3.41. The van der Waals surface area contributed by atoms with Gasteiger partial charge in [0.15, 0.2) is 5.60 Å². The minimum atomic E-state index is -2.74. The van der Waals surface area contributed by atoms with Crippen LogP contribution in [0, 0.1) is 0 Å². The van der Waals surface area contributed by atoms with Crippen molar-refractivity contribution in [3.05, 3.63) is 60.2 Å². The van der Waals surface area contributed by atoms with Crippen LogP contribution >= 0.6 is 0 Å². The number of hydrogen-bond donors (Lipinski definition) is 5. The molecule has 2 aromatic rings. The SMILES string of the molecule is CC1(C)CC(N(Cc2cccnc2)Cc2cccnc2)CC(C)(C)N1.O=C(O)CC(O)(CC(=O)O)C(=O)O. The average molecular weight is 531 g/mol. The van der Waals surface area contributed by atoms with Gasteiger partial charge in [-0.1, -0.05) is 12.1 Å². The van der Waals surface area contributed by atoms with Gasteiger partial charge in [0.2, 0.25) is 0 Å². The van der Waals surface area contributed by atoms with Crippen molar-refractivity contribution in [1.29, 1.82) is 0 Å². The van der Waals surface area contributed by atoms with Gasteiger partial charge in [-0.2, -0.15) is 0 Å². The Labute approximate surface area is 222 Å². The van der Waals surface area contributed by atoms with Crippen LogP contribution in [0.3, 0.4) is 0 Å². The summed E-state index contributed by atoms with van der Waals surface area (Å²) in [6.45, 7) is 11.1. The molecule has 0 spiro atoms. The molecule has 3 heterocycles. The normalized spacial score (nSPS) is 16.8. The Bertz CT molecular complexity index is 1000. The standard InChI is InChI=1S/C21H30N4.C6H8O7/c1-20(2)11-19(12-21(3,4)24-20)25(15-17-7-5-9-22-13-17)16-18-8-6-10-23-14-18;7-3(8)1-6(13,5(11)12)2-4(9)10/h5-10,13-14,19,24H,11-12,15-16H2,1-4H3;13H,1-2H2,(H,7,8)(H,9,10)(H,11,12). The van der Waals surface area contributed by atoms with Crippen molar-refractivity contribution >= 4 is 17.9 Å². The molecule has 0 radical (unpaired) electrons. The molecular formula is C27H38N4O7. The first-order valence-electron chi connectivity index (χ1n) is 12.3. The van der Waals surface area contributed by atoms with Gasteiger partial charge >= 0.3 is 17.9 Å². The summed E-state index contributed by atoms with van der Waals surface area (Å²) < 4.78 is 0. The van der Waals surface area contributed by atoms with E-state index < -0.39 is 36.4 Å². The number of hydrogen-bond acceptors (Lipinski definition) is 8. The lowest BCUT2D eigenvalue weighted by Gasteiger charge is -2.49. The van der Waals surface area contributed by atoms with Crippen LogP contribution in [0.1, 0.15) is 64.5 Å². The van der Waals surface area contributed by atoms with Gasteiger partial charge in [0.25, 0.3) is 0 Å². The van der Waals surface area contributed by atoms with Crippen LogP contribution in [-0.2, 0) is 27.5 Å². The number of carboxylic acids is 3. The fourth-order valence-corrected chi connectivity index (χ4v) is 5.01. The summed E-state index contributed by atoms with van der Waals surface area (Å²) in [4.78, 5) is 41.7. The summed E-state index contributed by atoms with van der Waals surface area (Å²) in [7, 11) is 0. The molecule has 0 amide bonds. The summed E-state index contributed by atoms with van der Waals surface area (Å²) in [5, 5.41) is 37.6. The van der Waals surface area contributed by atoms with Crippen LogP contribution in [0.4, 0.5) is 0 Å². The Morgan fingerprint density at radius 2 is 1.32 bits per heavy atom. The van der Waals surface area contributed by atoms with Crippen molar-refractivity contribution in [1.82, 2.24) is 20.2 Å². The first-order chi connectivity index (χ1) is 17.6. The van der Waals surface area contributed by atoms with E-state index in [2.05, 4.69) is 60.0 Å². The van der Waals surface area contributed by atoms with Crippen molar-refractivity contribution in [2.45, 2.75) is 89.2 Å². The highest BCUT2D eigenvalue weighted by atomic mass is 16.4. The lowest BCUT2D eigenvalue weighted by atomic mass is 9.79. The zero-order valence-corrected chi connectivity index (χ0v) is 22.3. The molecule has 1 fully saturated rings. The number of carboxylic acid groups (broad SMARTS) is 3. The maximum absolute atomic E-state index is 10.3. The minimum Gasteiger partial charge on any atom is -0.481 e. The van der Waals surface area contributed by atoms with Gasteiger partial charge in [-0.25, -0.2) is 4.79 Å². The molecule has 1 saturated heterocycles. The second-order valence-corrected chi connectivity index (χ2v) is 11.1. The Kier molecular flexibility index (Phi) is 10.5. The lowest BCUT2D eigenvalue weighted by Crippen LogP contribution is -2.62. The Balaban J connectivity index is 0.000000332. The van der Waals surface area contributed by atoms with E-state index in [-0.39, 0.29) is 11.1 Å². The molecule has 0 atom stereocenters. The van der Waals surface area contributed by atoms with E-state index in [0.29, 0.717) is 6.04 Å². The van der Waals surface area contributed by atoms with Gasteiger partial charge in [-0.15, -0.1) is 0 Å². The number of piperidine rings is 1. The molecule has 1 aliphatic heterocycles. The van der Waals surface area contributed by atoms with Crippen LogP contribution in [0.25, 0.3) is 0 Å². The van der Waals surface area contributed by atoms with Crippen LogP contribution in [0.15, 0.2) is 49.1 Å². The number of rotatable bonds is 10. The average Bonchev–Trinajstić information content (AvgIpc) is 2.77. The first kappa shape index (κ1) is 30.8. The van der Waals surface area contributed by atoms with Crippen LogP contribution < -0.4 is 5.32 Å². The van der Waals surface area contributed by atoms with Gasteiger partial charge in [0, 0.05) is 55.0 Å². The predicted molar refractivity (Wildman–Crippen MR) is 139 cm³/mol. The summed E-state index contributed by atoms with van der Waals surface area (Å²) in [6.07, 6.45) is 7.62. The van der Waals surface area contributed by atoms with Crippen molar-refractivity contribution in [2.75, 3.05) is 0 Å². The summed E-state index contributed by atoms with van der Waals surface area (Å²) in [5.74, 6) is -5.02. The maximum Gasteiger partial charge on any atom is 0.336 e. The number of nitrogens with one attached hydrogen (secondary N) is 1. The molecule has 5 N–H and O–H groups in total. The van der Waals surface area contributed by atoms with Crippen molar-refractivity contribution < 1.29 is 34.8 Å². The minimum absolute atomic E-state index is 0.133. The van der Waals surface area contributed by atoms with Crippen LogP contribution in [0.2, 0.25) is 0 Å². The molecule has 0 aromatic carbocycles. The molecule has 38 heavy (non-hydrogen) atoms. The van der Waals surface area contributed by atoms with Gasteiger partial charge in [-0.05, 0) is 63.8 Å². The zero-order chi connectivity index (χ0) is 28.6. The Morgan fingerprint density at radius 3 is 1.63 bits per heavy atom. The fraction of sp³-hybridized carbons (Fsp3) is 0.519. The van der Waals surface area contributed by atoms with E-state index in [9.17, 15) is 14.4 Å². The van der Waals surface area contributed by atoms with E-state index >= 15 is 0 Å². The Morgan fingerprint density at radius 1 is 0.895 bits per heavy atom. The lowest BCUT2D eigenvalue weighted by molar-refractivity contribution is -0.170. The molecular weight excluding hydrogens is 492 g/mol. The molecule has 0 aliphatic carbocycles. The van der Waals surface area contributed by atoms with Crippen molar-refractivity contribution in [2.24, 2.45) is 0 Å². The van der Waals surface area contributed by atoms with E-state index in [4.69, 9.17) is 20.4 Å². The van der Waals surface area contributed by atoms with E-state index in [1.54, 1.807) is 0 Å². The highest BCUT2D eigenvalue weighted by molar-refractivity contribution is 5.88. The monoisotopic (exact) mass is 530 g/mol. The van der Waals surface area contributed by atoms with Gasteiger partial charge in [-0.3, -0.25) is 24.5 Å². The topological polar surface area (TPSA) is 173 Å². The number of aliphatic hydroxyl groups is 1. The largest absolute Gasteiger partial charge is 0.481 e. The van der Waals surface area contributed by atoms with Crippen molar-refractivity contribution in [3.8, 4) is 0 Å². The third-order valence-electron chi connectivity index (χ3n) is 6.19. The highest BCUT2D eigenvalue weighted by Crippen LogP contribution is 2.33. The number of carbonyl (C=O) groups is 3. The van der Waals surface area contributed by atoms with Crippen LogP contribution in [-0.4, -0.2) is 75.9 Å². The number of aliphatic carboxylic acids is 3. The number of pyridine rings is 2. The van der Waals surface area contributed by atoms with E-state index in [1.165, 1.54) is 11.1 Å². The molecule has 11 nitrogen and oxygen atoms in total. The summed E-state index contributed by atoms with van der Waals surface area (Å²) >= 11 is 0. The smallest absolute Gasteiger partial charge is 0.336 e. The van der Waals surface area contributed by atoms with Crippen molar-refractivity contribution in [3.63, 3.8) is 0 Å². The van der Waals surface area contributed by atoms with Crippen LogP contribution in [0.5, 0.6) is 0 Å². The molecule has 0 bridgehead atoms. The molecule has 11 heteroatoms. The van der Waals surface area contributed by atoms with E-state index in [1.807, 2.05) is 36.9 Å². The molecule has 0 unspecified atom stereocenters. The maximum atomic E-state index is 10.3. The van der Waals surface area contributed by atoms with Gasteiger partial charge in [0.05, 0.1) is 12.8 Å².